The summed E-state index contributed by atoms with van der Waals surface area (Å²) in [6, 6.07) is 0. The van der Waals surface area contributed by atoms with E-state index < -0.39 is 0 Å². The van der Waals surface area contributed by atoms with Crippen LogP contribution in [0.1, 0.15) is 0 Å². The molecule has 0 aliphatic rings. The Morgan fingerprint density at radius 3 is 3.00 bits per heavy atom. The first-order valence-corrected chi connectivity index (χ1v) is 2.34. The summed E-state index contributed by atoms with van der Waals surface area (Å²) < 4.78 is 0. The SMILES string of the molecule is NCCn1ncnn1. The van der Waals surface area contributed by atoms with E-state index in [0.717, 1.165) is 0 Å². The van der Waals surface area contributed by atoms with Crippen LogP contribution in [-0.2, 0) is 6.54 Å². The fourth-order valence-corrected chi connectivity index (χ4v) is 0.406. The Balaban J connectivity index is 2.50. The van der Waals surface area contributed by atoms with Gasteiger partial charge in [-0.25, -0.2) is 0 Å². The van der Waals surface area contributed by atoms with Crippen molar-refractivity contribution in [1.82, 2.24) is 20.2 Å². The third kappa shape index (κ3) is 1.00. The Morgan fingerprint density at radius 1 is 1.62 bits per heavy atom. The van der Waals surface area contributed by atoms with Gasteiger partial charge in [0.2, 0.25) is 0 Å². The highest BCUT2D eigenvalue weighted by Gasteiger charge is 1.85. The Labute approximate surface area is 46.5 Å². The van der Waals surface area contributed by atoms with Crippen LogP contribution >= 0.6 is 0 Å². The Bertz CT molecular complexity index is 133. The molecule has 0 amide bonds. The number of hydrogen-bond donors (Lipinski definition) is 1. The van der Waals surface area contributed by atoms with Crippen molar-refractivity contribution in [3.8, 4) is 0 Å². The monoisotopic (exact) mass is 113 g/mol. The lowest BCUT2D eigenvalue weighted by Gasteiger charge is -1.88. The highest BCUT2D eigenvalue weighted by molar-refractivity contribution is 4.38. The molecule has 0 atom stereocenters. The molecule has 2 N–H and O–H groups in total. The lowest BCUT2D eigenvalue weighted by atomic mass is 10.7. The maximum Gasteiger partial charge on any atom is 0.162 e. The van der Waals surface area contributed by atoms with Crippen LogP contribution in [0.5, 0.6) is 0 Å². The van der Waals surface area contributed by atoms with Gasteiger partial charge in [-0.2, -0.15) is 4.80 Å². The summed E-state index contributed by atoms with van der Waals surface area (Å²) in [6.45, 7) is 1.19. The summed E-state index contributed by atoms with van der Waals surface area (Å²) >= 11 is 0. The maximum atomic E-state index is 5.19. The summed E-state index contributed by atoms with van der Waals surface area (Å²) in [5.41, 5.74) is 5.19. The maximum absolute atomic E-state index is 5.19. The average Bonchev–Trinajstić information content (AvgIpc) is 2.19. The van der Waals surface area contributed by atoms with E-state index in [1.165, 1.54) is 11.1 Å². The van der Waals surface area contributed by atoms with Gasteiger partial charge in [0.05, 0.1) is 6.54 Å². The molecule has 1 heterocycles. The van der Waals surface area contributed by atoms with Gasteiger partial charge in [0, 0.05) is 6.54 Å². The zero-order chi connectivity index (χ0) is 5.82. The van der Waals surface area contributed by atoms with Gasteiger partial charge in [-0.05, 0) is 5.21 Å². The van der Waals surface area contributed by atoms with Crippen molar-refractivity contribution in [2.24, 2.45) is 5.73 Å². The van der Waals surface area contributed by atoms with Crippen molar-refractivity contribution in [2.75, 3.05) is 6.54 Å². The number of nitrogens with two attached hydrogens (primary N) is 1. The quantitative estimate of drug-likeness (QED) is 0.513. The van der Waals surface area contributed by atoms with E-state index in [1.807, 2.05) is 0 Å². The van der Waals surface area contributed by atoms with Gasteiger partial charge in [-0.3, -0.25) is 0 Å². The summed E-state index contributed by atoms with van der Waals surface area (Å²) in [6.07, 6.45) is 1.38. The molecule has 1 rings (SSSR count). The molecule has 5 heteroatoms. The summed E-state index contributed by atoms with van der Waals surface area (Å²) in [4.78, 5) is 1.44. The molecule has 0 bridgehead atoms. The zero-order valence-electron chi connectivity index (χ0n) is 4.36. The number of nitrogens with zero attached hydrogens (tertiary/aromatic N) is 4. The van der Waals surface area contributed by atoms with Gasteiger partial charge >= 0.3 is 0 Å². The molecule has 1 aromatic heterocycles. The van der Waals surface area contributed by atoms with Crippen molar-refractivity contribution in [2.45, 2.75) is 6.54 Å². The van der Waals surface area contributed by atoms with Crippen LogP contribution in [0.2, 0.25) is 0 Å². The van der Waals surface area contributed by atoms with Gasteiger partial charge in [0.1, 0.15) is 0 Å². The minimum Gasteiger partial charge on any atom is -0.329 e. The van der Waals surface area contributed by atoms with Gasteiger partial charge < -0.3 is 5.73 Å². The number of tetrazole rings is 1. The molecule has 0 aliphatic heterocycles. The van der Waals surface area contributed by atoms with E-state index in [1.54, 1.807) is 0 Å². The fraction of sp³-hybridized carbons (Fsp3) is 0.667. The van der Waals surface area contributed by atoms with E-state index in [9.17, 15) is 0 Å². The minimum absolute atomic E-state index is 0.552. The first-order chi connectivity index (χ1) is 3.93. The normalized spacial score (nSPS) is 9.62. The molecule has 44 valence electrons. The molecule has 0 spiro atoms. The smallest absolute Gasteiger partial charge is 0.162 e. The van der Waals surface area contributed by atoms with E-state index in [0.29, 0.717) is 13.1 Å². The third-order valence-electron chi connectivity index (χ3n) is 0.721. The van der Waals surface area contributed by atoms with Gasteiger partial charge in [0.15, 0.2) is 6.33 Å². The van der Waals surface area contributed by atoms with Crippen LogP contribution in [0.3, 0.4) is 0 Å². The Morgan fingerprint density at radius 2 is 2.50 bits per heavy atom. The van der Waals surface area contributed by atoms with Crippen molar-refractivity contribution >= 4 is 0 Å². The van der Waals surface area contributed by atoms with Crippen molar-refractivity contribution in [3.63, 3.8) is 0 Å². The van der Waals surface area contributed by atoms with Gasteiger partial charge in [-0.15, -0.1) is 10.2 Å². The summed E-state index contributed by atoms with van der Waals surface area (Å²) in [5, 5.41) is 10.8. The number of hydrogen-bond acceptors (Lipinski definition) is 4. The first-order valence-electron chi connectivity index (χ1n) is 2.34. The predicted molar refractivity (Wildman–Crippen MR) is 26.9 cm³/mol. The van der Waals surface area contributed by atoms with Crippen LogP contribution in [-0.4, -0.2) is 26.8 Å². The van der Waals surface area contributed by atoms with E-state index in [2.05, 4.69) is 15.4 Å². The van der Waals surface area contributed by atoms with Crippen molar-refractivity contribution in [3.05, 3.63) is 6.33 Å². The second kappa shape index (κ2) is 2.37. The number of rotatable bonds is 2. The fourth-order valence-electron chi connectivity index (χ4n) is 0.406. The van der Waals surface area contributed by atoms with E-state index in [4.69, 9.17) is 5.73 Å². The topological polar surface area (TPSA) is 69.6 Å². The number of aromatic nitrogens is 4. The van der Waals surface area contributed by atoms with E-state index in [-0.39, 0.29) is 0 Å². The van der Waals surface area contributed by atoms with Crippen LogP contribution in [0.25, 0.3) is 0 Å². The molecule has 0 unspecified atom stereocenters. The van der Waals surface area contributed by atoms with Crippen LogP contribution in [0.4, 0.5) is 0 Å². The molecule has 5 nitrogen and oxygen atoms in total. The van der Waals surface area contributed by atoms with Crippen LogP contribution in [0.15, 0.2) is 6.33 Å². The summed E-state index contributed by atoms with van der Waals surface area (Å²) in [5.74, 6) is 0. The molecular formula is C3H7N5. The predicted octanol–water partition coefficient (Wildman–Crippen LogP) is -1.37. The molecule has 0 aliphatic carbocycles. The first kappa shape index (κ1) is 5.17. The standard InChI is InChI=1S/C3H7N5/c4-1-2-8-6-3-5-7-8/h3H,1-2,4H2. The second-order valence-corrected chi connectivity index (χ2v) is 1.32. The molecule has 8 heavy (non-hydrogen) atoms. The molecule has 0 radical (unpaired) electrons. The highest BCUT2D eigenvalue weighted by Crippen LogP contribution is 1.68. The average molecular weight is 113 g/mol. The minimum atomic E-state index is 0.552. The van der Waals surface area contributed by atoms with Crippen LogP contribution in [0, 0.1) is 0 Å². The molecule has 0 aromatic carbocycles. The third-order valence-corrected chi connectivity index (χ3v) is 0.721. The van der Waals surface area contributed by atoms with Crippen molar-refractivity contribution < 1.29 is 0 Å². The summed E-state index contributed by atoms with van der Waals surface area (Å²) in [7, 11) is 0. The zero-order valence-corrected chi connectivity index (χ0v) is 4.36. The molecule has 0 saturated heterocycles. The molecule has 1 aromatic rings. The molecular weight excluding hydrogens is 106 g/mol. The lowest BCUT2D eigenvalue weighted by molar-refractivity contribution is 0.530. The lowest BCUT2D eigenvalue weighted by Crippen LogP contribution is -2.12. The second-order valence-electron chi connectivity index (χ2n) is 1.32. The molecule has 0 fully saturated rings. The Hall–Kier alpha value is -0.970. The molecule has 0 saturated carbocycles. The highest BCUT2D eigenvalue weighted by atomic mass is 15.6. The largest absolute Gasteiger partial charge is 0.329 e. The Kier molecular flexibility index (Phi) is 1.53. The van der Waals surface area contributed by atoms with Crippen molar-refractivity contribution in [1.29, 1.82) is 0 Å². The van der Waals surface area contributed by atoms with E-state index >= 15 is 0 Å². The van der Waals surface area contributed by atoms with Crippen LogP contribution < -0.4 is 5.73 Å². The van der Waals surface area contributed by atoms with Gasteiger partial charge in [0.25, 0.3) is 0 Å². The van der Waals surface area contributed by atoms with Gasteiger partial charge in [-0.1, -0.05) is 0 Å².